The fraction of sp³-hybridized carbons (Fsp3) is 0.615. The molecule has 1 aliphatic heterocycles. The Balaban J connectivity index is 2.17. The van der Waals surface area contributed by atoms with Gasteiger partial charge >= 0.3 is 5.97 Å². The van der Waals surface area contributed by atoms with E-state index in [9.17, 15) is 13.2 Å². The van der Waals surface area contributed by atoms with Gasteiger partial charge in [-0.05, 0) is 31.2 Å². The van der Waals surface area contributed by atoms with Crippen molar-refractivity contribution >= 4 is 27.1 Å². The normalized spacial score (nSPS) is 25.2. The minimum Gasteiger partial charge on any atom is -0.465 e. The van der Waals surface area contributed by atoms with Crippen molar-refractivity contribution in [3.05, 3.63) is 22.4 Å². The van der Waals surface area contributed by atoms with Gasteiger partial charge in [-0.2, -0.15) is 0 Å². The third kappa shape index (κ3) is 3.59. The number of nitrogens with one attached hydrogen (secondary N) is 1. The van der Waals surface area contributed by atoms with E-state index in [1.165, 1.54) is 0 Å². The van der Waals surface area contributed by atoms with E-state index in [-0.39, 0.29) is 18.1 Å². The second-order valence-corrected chi connectivity index (χ2v) is 8.15. The minimum absolute atomic E-state index is 0.148. The summed E-state index contributed by atoms with van der Waals surface area (Å²) in [6.45, 7) is 2.45. The molecule has 0 saturated carbocycles. The molecule has 1 fully saturated rings. The molecule has 0 aliphatic carbocycles. The molecule has 1 aromatic rings. The summed E-state index contributed by atoms with van der Waals surface area (Å²) in [6.07, 6.45) is 0.981. The molecule has 0 radical (unpaired) electrons. The average molecular weight is 317 g/mol. The van der Waals surface area contributed by atoms with Crippen LogP contribution in [0.15, 0.2) is 17.5 Å². The number of thiophene rings is 1. The van der Waals surface area contributed by atoms with Gasteiger partial charge in [-0.25, -0.2) is 8.42 Å². The fourth-order valence-corrected chi connectivity index (χ4v) is 4.91. The van der Waals surface area contributed by atoms with Crippen LogP contribution in [0, 0.1) is 0 Å². The predicted molar refractivity (Wildman–Crippen MR) is 78.4 cm³/mol. The third-order valence-corrected chi connectivity index (χ3v) is 6.09. The molecule has 20 heavy (non-hydrogen) atoms. The van der Waals surface area contributed by atoms with Gasteiger partial charge in [-0.1, -0.05) is 6.07 Å². The van der Waals surface area contributed by atoms with Crippen LogP contribution in [0.4, 0.5) is 0 Å². The van der Waals surface area contributed by atoms with Gasteiger partial charge in [0.1, 0.15) is 5.54 Å². The van der Waals surface area contributed by atoms with Gasteiger partial charge in [0, 0.05) is 11.4 Å². The number of hydrogen-bond donors (Lipinski definition) is 1. The molecule has 0 aromatic carbocycles. The number of carbonyl (C=O) groups is 1. The maximum absolute atomic E-state index is 12.2. The topological polar surface area (TPSA) is 72.5 Å². The molecule has 2 heterocycles. The van der Waals surface area contributed by atoms with E-state index in [4.69, 9.17) is 4.74 Å². The van der Waals surface area contributed by atoms with Gasteiger partial charge in [-0.3, -0.25) is 10.1 Å². The Bertz CT molecular complexity index is 553. The first-order valence-electron chi connectivity index (χ1n) is 6.62. The lowest BCUT2D eigenvalue weighted by Crippen LogP contribution is -2.59. The lowest BCUT2D eigenvalue weighted by atomic mass is 9.95. The average Bonchev–Trinajstić information content (AvgIpc) is 2.88. The van der Waals surface area contributed by atoms with Gasteiger partial charge in [0.05, 0.1) is 18.1 Å². The van der Waals surface area contributed by atoms with Gasteiger partial charge in [0.15, 0.2) is 9.84 Å². The van der Waals surface area contributed by atoms with Gasteiger partial charge < -0.3 is 4.74 Å². The Morgan fingerprint density at radius 1 is 1.55 bits per heavy atom. The molecule has 1 aliphatic rings. The van der Waals surface area contributed by atoms with Gasteiger partial charge in [0.25, 0.3) is 0 Å². The van der Waals surface area contributed by atoms with E-state index >= 15 is 0 Å². The van der Waals surface area contributed by atoms with E-state index in [0.717, 1.165) is 4.88 Å². The first-order chi connectivity index (χ1) is 9.47. The van der Waals surface area contributed by atoms with Crippen LogP contribution in [0.2, 0.25) is 0 Å². The molecule has 1 atom stereocenters. The molecule has 1 saturated heterocycles. The van der Waals surface area contributed by atoms with E-state index in [0.29, 0.717) is 19.4 Å². The van der Waals surface area contributed by atoms with Crippen molar-refractivity contribution in [3.63, 3.8) is 0 Å². The Morgan fingerprint density at radius 2 is 2.35 bits per heavy atom. The van der Waals surface area contributed by atoms with Crippen molar-refractivity contribution < 1.29 is 17.9 Å². The Kier molecular flexibility index (Phi) is 4.82. The first kappa shape index (κ1) is 15.5. The molecule has 2 rings (SSSR count). The molecule has 0 spiro atoms. The zero-order valence-electron chi connectivity index (χ0n) is 11.4. The molecule has 5 nitrogen and oxygen atoms in total. The molecular formula is C13H19NO4S2. The second-order valence-electron chi connectivity index (χ2n) is 4.93. The second kappa shape index (κ2) is 6.24. The molecular weight excluding hydrogens is 298 g/mol. The van der Waals surface area contributed by atoms with Crippen LogP contribution >= 0.6 is 11.3 Å². The summed E-state index contributed by atoms with van der Waals surface area (Å²) in [5.74, 6) is -0.487. The molecule has 7 heteroatoms. The van der Waals surface area contributed by atoms with Crippen LogP contribution in [0.5, 0.6) is 0 Å². The van der Waals surface area contributed by atoms with Crippen molar-refractivity contribution in [2.24, 2.45) is 0 Å². The maximum Gasteiger partial charge on any atom is 0.327 e. The summed E-state index contributed by atoms with van der Waals surface area (Å²) in [5, 5.41) is 5.08. The molecule has 0 bridgehead atoms. The monoisotopic (exact) mass is 317 g/mol. The summed E-state index contributed by atoms with van der Waals surface area (Å²) in [5.41, 5.74) is -1.10. The number of sulfone groups is 1. The standard InChI is InChI=1S/C13H19NO4S2/c1-2-18-12(15)13(6-4-8-20(16,17)10-13)14-9-11-5-3-7-19-11/h3,5,7,14H,2,4,6,8-10H2,1H3. The summed E-state index contributed by atoms with van der Waals surface area (Å²) >= 11 is 1.57. The zero-order chi connectivity index (χ0) is 14.6. The van der Waals surface area contributed by atoms with Crippen molar-refractivity contribution in [1.82, 2.24) is 5.32 Å². The Labute approximate surface area is 123 Å². The minimum atomic E-state index is -3.20. The highest BCUT2D eigenvalue weighted by Gasteiger charge is 2.46. The van der Waals surface area contributed by atoms with Crippen molar-refractivity contribution in [2.75, 3.05) is 18.1 Å². The number of carbonyl (C=O) groups excluding carboxylic acids is 1. The van der Waals surface area contributed by atoms with Crippen LogP contribution < -0.4 is 5.32 Å². The van der Waals surface area contributed by atoms with Crippen LogP contribution in [-0.2, 0) is 25.9 Å². The molecule has 1 aromatic heterocycles. The largest absolute Gasteiger partial charge is 0.465 e. The highest BCUT2D eigenvalue weighted by atomic mass is 32.2. The van der Waals surface area contributed by atoms with E-state index < -0.39 is 21.3 Å². The van der Waals surface area contributed by atoms with Crippen LogP contribution in [0.1, 0.15) is 24.6 Å². The third-order valence-electron chi connectivity index (χ3n) is 3.37. The molecule has 1 N–H and O–H groups in total. The number of rotatable bonds is 5. The van der Waals surface area contributed by atoms with E-state index in [1.54, 1.807) is 18.3 Å². The van der Waals surface area contributed by atoms with Crippen molar-refractivity contribution in [1.29, 1.82) is 0 Å². The lowest BCUT2D eigenvalue weighted by molar-refractivity contribution is -0.150. The van der Waals surface area contributed by atoms with Gasteiger partial charge in [0.2, 0.25) is 0 Å². The summed E-state index contributed by atoms with van der Waals surface area (Å²) in [6, 6.07) is 3.88. The lowest BCUT2D eigenvalue weighted by Gasteiger charge is -2.35. The maximum atomic E-state index is 12.2. The highest BCUT2D eigenvalue weighted by Crippen LogP contribution is 2.25. The Hall–Kier alpha value is -0.920. The Morgan fingerprint density at radius 3 is 2.95 bits per heavy atom. The number of ether oxygens (including phenoxy) is 1. The number of esters is 1. The van der Waals surface area contributed by atoms with Crippen LogP contribution in [-0.4, -0.2) is 38.0 Å². The highest BCUT2D eigenvalue weighted by molar-refractivity contribution is 7.91. The molecule has 112 valence electrons. The fourth-order valence-electron chi connectivity index (χ4n) is 2.42. The van der Waals surface area contributed by atoms with Crippen LogP contribution in [0.25, 0.3) is 0 Å². The van der Waals surface area contributed by atoms with Crippen molar-refractivity contribution in [3.8, 4) is 0 Å². The first-order valence-corrected chi connectivity index (χ1v) is 9.33. The predicted octanol–water partition coefficient (Wildman–Crippen LogP) is 1.35. The summed E-state index contributed by atoms with van der Waals surface area (Å²) in [7, 11) is -3.20. The van der Waals surface area contributed by atoms with E-state index in [1.807, 2.05) is 17.5 Å². The zero-order valence-corrected chi connectivity index (χ0v) is 13.1. The van der Waals surface area contributed by atoms with E-state index in [2.05, 4.69) is 5.32 Å². The van der Waals surface area contributed by atoms with Gasteiger partial charge in [-0.15, -0.1) is 11.3 Å². The van der Waals surface area contributed by atoms with Crippen molar-refractivity contribution in [2.45, 2.75) is 31.8 Å². The number of hydrogen-bond acceptors (Lipinski definition) is 6. The smallest absolute Gasteiger partial charge is 0.327 e. The SMILES string of the molecule is CCOC(=O)C1(NCc2cccs2)CCCS(=O)(=O)C1. The van der Waals surface area contributed by atoms with Crippen LogP contribution in [0.3, 0.4) is 0 Å². The molecule has 0 amide bonds. The summed E-state index contributed by atoms with van der Waals surface area (Å²) < 4.78 is 28.9. The quantitative estimate of drug-likeness (QED) is 0.830. The molecule has 1 unspecified atom stereocenters. The summed E-state index contributed by atoms with van der Waals surface area (Å²) in [4.78, 5) is 13.3.